The summed E-state index contributed by atoms with van der Waals surface area (Å²) < 4.78 is 6.53. The lowest BCUT2D eigenvalue weighted by Crippen LogP contribution is -2.30. The first kappa shape index (κ1) is 19.2. The highest BCUT2D eigenvalue weighted by Gasteiger charge is 2.23. The third kappa shape index (κ3) is 3.87. The minimum Gasteiger partial charge on any atom is -0.494 e. The fourth-order valence-electron chi connectivity index (χ4n) is 3.30. The lowest BCUT2D eigenvalue weighted by molar-refractivity contribution is 0.0985. The summed E-state index contributed by atoms with van der Waals surface area (Å²) in [5.41, 5.74) is 4.67. The van der Waals surface area contributed by atoms with Gasteiger partial charge in [-0.1, -0.05) is 65.4 Å². The first-order valence-corrected chi connectivity index (χ1v) is 10.2. The molecule has 1 aromatic heterocycles. The Bertz CT molecular complexity index is 1170. The number of fused-ring (bicyclic) bond motifs is 1. The number of benzene rings is 3. The van der Waals surface area contributed by atoms with E-state index in [0.29, 0.717) is 17.2 Å². The molecule has 0 saturated carbocycles. The third-order valence-electron chi connectivity index (χ3n) is 4.84. The highest BCUT2D eigenvalue weighted by molar-refractivity contribution is 7.22. The van der Waals surface area contributed by atoms with Crippen molar-refractivity contribution in [2.45, 2.75) is 20.4 Å². The second-order valence-electron chi connectivity index (χ2n) is 7.01. The quantitative estimate of drug-likeness (QED) is 0.426. The number of amides is 1. The molecule has 0 bridgehead atoms. The minimum absolute atomic E-state index is 0.0618. The van der Waals surface area contributed by atoms with Crippen molar-refractivity contribution in [2.24, 2.45) is 0 Å². The van der Waals surface area contributed by atoms with Gasteiger partial charge in [-0.15, -0.1) is 0 Å². The monoisotopic (exact) mass is 402 g/mol. The predicted molar refractivity (Wildman–Crippen MR) is 119 cm³/mol. The molecule has 0 fully saturated rings. The van der Waals surface area contributed by atoms with Crippen LogP contribution in [0, 0.1) is 13.8 Å². The number of anilines is 1. The third-order valence-corrected chi connectivity index (χ3v) is 6.05. The zero-order valence-electron chi connectivity index (χ0n) is 16.7. The number of ether oxygens (including phenoxy) is 1. The van der Waals surface area contributed by atoms with Gasteiger partial charge >= 0.3 is 0 Å². The molecule has 0 saturated heterocycles. The van der Waals surface area contributed by atoms with Crippen molar-refractivity contribution < 1.29 is 9.53 Å². The Morgan fingerprint density at radius 3 is 2.55 bits per heavy atom. The van der Waals surface area contributed by atoms with Crippen LogP contribution in [0.2, 0.25) is 0 Å². The normalized spacial score (nSPS) is 10.9. The van der Waals surface area contributed by atoms with E-state index in [1.54, 1.807) is 12.0 Å². The SMILES string of the molecule is COc1ccc(C)c2sc(N(Cc3ccccc3)C(=O)c3cccc(C)c3)nc12. The van der Waals surface area contributed by atoms with Crippen molar-refractivity contribution in [3.8, 4) is 5.75 Å². The van der Waals surface area contributed by atoms with E-state index in [1.165, 1.54) is 11.3 Å². The Labute approximate surface area is 174 Å². The summed E-state index contributed by atoms with van der Waals surface area (Å²) >= 11 is 1.52. The molecule has 4 nitrogen and oxygen atoms in total. The van der Waals surface area contributed by atoms with E-state index in [0.717, 1.165) is 32.7 Å². The van der Waals surface area contributed by atoms with Crippen molar-refractivity contribution in [1.29, 1.82) is 0 Å². The highest BCUT2D eigenvalue weighted by atomic mass is 32.1. The van der Waals surface area contributed by atoms with Crippen LogP contribution in [0.5, 0.6) is 5.75 Å². The van der Waals surface area contributed by atoms with Crippen LogP contribution in [-0.4, -0.2) is 18.0 Å². The molecular weight excluding hydrogens is 380 g/mol. The minimum atomic E-state index is -0.0618. The van der Waals surface area contributed by atoms with Crippen LogP contribution in [0.15, 0.2) is 66.7 Å². The van der Waals surface area contributed by atoms with Crippen LogP contribution < -0.4 is 9.64 Å². The van der Waals surface area contributed by atoms with Gasteiger partial charge in [-0.2, -0.15) is 0 Å². The number of carbonyl (C=O) groups is 1. The summed E-state index contributed by atoms with van der Waals surface area (Å²) in [4.78, 5) is 20.0. The molecule has 0 aliphatic rings. The van der Waals surface area contributed by atoms with Gasteiger partial charge in [0.15, 0.2) is 5.13 Å². The zero-order valence-corrected chi connectivity index (χ0v) is 17.5. The molecule has 0 radical (unpaired) electrons. The maximum absolute atomic E-state index is 13.5. The lowest BCUT2D eigenvalue weighted by atomic mass is 10.1. The number of carbonyl (C=O) groups excluding carboxylic acids is 1. The molecule has 4 aromatic rings. The van der Waals surface area contributed by atoms with Gasteiger partial charge in [0.1, 0.15) is 11.3 Å². The van der Waals surface area contributed by atoms with Gasteiger partial charge in [0, 0.05) is 5.56 Å². The maximum Gasteiger partial charge on any atom is 0.260 e. The van der Waals surface area contributed by atoms with Crippen LogP contribution in [-0.2, 0) is 6.54 Å². The van der Waals surface area contributed by atoms with E-state index in [9.17, 15) is 4.79 Å². The van der Waals surface area contributed by atoms with Gasteiger partial charge < -0.3 is 4.74 Å². The van der Waals surface area contributed by atoms with E-state index >= 15 is 0 Å². The number of aromatic nitrogens is 1. The number of hydrogen-bond acceptors (Lipinski definition) is 4. The summed E-state index contributed by atoms with van der Waals surface area (Å²) in [5, 5.41) is 0.669. The molecule has 1 amide bonds. The molecule has 4 rings (SSSR count). The van der Waals surface area contributed by atoms with E-state index in [-0.39, 0.29) is 5.91 Å². The highest BCUT2D eigenvalue weighted by Crippen LogP contribution is 2.37. The number of aryl methyl sites for hydroxylation is 2. The molecule has 0 atom stereocenters. The van der Waals surface area contributed by atoms with Crippen molar-refractivity contribution in [3.63, 3.8) is 0 Å². The number of thiazole rings is 1. The van der Waals surface area contributed by atoms with Crippen molar-refractivity contribution in [1.82, 2.24) is 4.98 Å². The number of hydrogen-bond donors (Lipinski definition) is 0. The van der Waals surface area contributed by atoms with E-state index in [2.05, 4.69) is 0 Å². The molecule has 146 valence electrons. The molecule has 3 aromatic carbocycles. The van der Waals surface area contributed by atoms with Crippen LogP contribution in [0.1, 0.15) is 27.0 Å². The molecule has 0 spiro atoms. The first-order valence-electron chi connectivity index (χ1n) is 9.43. The van der Waals surface area contributed by atoms with Gasteiger partial charge in [0.05, 0.1) is 18.4 Å². The smallest absolute Gasteiger partial charge is 0.260 e. The molecular formula is C24H22N2O2S. The summed E-state index contributed by atoms with van der Waals surface area (Å²) in [6, 6.07) is 21.6. The van der Waals surface area contributed by atoms with Crippen LogP contribution >= 0.6 is 11.3 Å². The maximum atomic E-state index is 13.5. The Morgan fingerprint density at radius 2 is 1.83 bits per heavy atom. The fraction of sp³-hybridized carbons (Fsp3) is 0.167. The second kappa shape index (κ2) is 8.05. The van der Waals surface area contributed by atoms with E-state index in [1.807, 2.05) is 80.6 Å². The molecule has 0 N–H and O–H groups in total. The Hall–Kier alpha value is -3.18. The summed E-state index contributed by atoms with van der Waals surface area (Å²) in [5.74, 6) is 0.656. The summed E-state index contributed by atoms with van der Waals surface area (Å²) in [7, 11) is 1.64. The second-order valence-corrected chi connectivity index (χ2v) is 7.98. The number of nitrogens with zero attached hydrogens (tertiary/aromatic N) is 2. The van der Waals surface area contributed by atoms with Crippen molar-refractivity contribution >= 4 is 32.6 Å². The number of rotatable bonds is 5. The van der Waals surface area contributed by atoms with Gasteiger partial charge in [-0.25, -0.2) is 4.98 Å². The summed E-state index contributed by atoms with van der Waals surface area (Å²) in [6.45, 7) is 4.49. The van der Waals surface area contributed by atoms with Crippen LogP contribution in [0.25, 0.3) is 10.2 Å². The Morgan fingerprint density at radius 1 is 1.03 bits per heavy atom. The number of methoxy groups -OCH3 is 1. The van der Waals surface area contributed by atoms with Gasteiger partial charge in [0.25, 0.3) is 5.91 Å². The van der Waals surface area contributed by atoms with Gasteiger partial charge in [0.2, 0.25) is 0 Å². The van der Waals surface area contributed by atoms with Gasteiger partial charge in [-0.05, 0) is 43.2 Å². The van der Waals surface area contributed by atoms with Gasteiger partial charge in [-0.3, -0.25) is 9.69 Å². The largest absolute Gasteiger partial charge is 0.494 e. The molecule has 0 aliphatic heterocycles. The van der Waals surface area contributed by atoms with Crippen molar-refractivity contribution in [3.05, 3.63) is 89.0 Å². The standard InChI is InChI=1S/C24H22N2O2S/c1-16-8-7-11-19(14-16)23(27)26(15-18-9-5-4-6-10-18)24-25-21-20(28-3)13-12-17(2)22(21)29-24/h4-14H,15H2,1-3H3. The average Bonchev–Trinajstić information content (AvgIpc) is 3.19. The summed E-state index contributed by atoms with van der Waals surface area (Å²) in [6.07, 6.45) is 0. The van der Waals surface area contributed by atoms with Crippen LogP contribution in [0.4, 0.5) is 5.13 Å². The van der Waals surface area contributed by atoms with E-state index in [4.69, 9.17) is 9.72 Å². The molecule has 5 heteroatoms. The fourth-order valence-corrected chi connectivity index (χ4v) is 4.35. The zero-order chi connectivity index (χ0) is 20.4. The van der Waals surface area contributed by atoms with Crippen molar-refractivity contribution in [2.75, 3.05) is 12.0 Å². The topological polar surface area (TPSA) is 42.4 Å². The first-order chi connectivity index (χ1) is 14.1. The average molecular weight is 403 g/mol. The predicted octanol–water partition coefficient (Wildman–Crippen LogP) is 5.77. The van der Waals surface area contributed by atoms with E-state index < -0.39 is 0 Å². The molecule has 0 aliphatic carbocycles. The molecule has 0 unspecified atom stereocenters. The molecule has 29 heavy (non-hydrogen) atoms. The Balaban J connectivity index is 1.83. The Kier molecular flexibility index (Phi) is 5.32. The van der Waals surface area contributed by atoms with Crippen LogP contribution in [0.3, 0.4) is 0 Å². The molecule has 1 heterocycles. The lowest BCUT2D eigenvalue weighted by Gasteiger charge is -2.20.